The Balaban J connectivity index is 2.05. The highest BCUT2D eigenvalue weighted by atomic mass is 16.2. The third kappa shape index (κ3) is 4.30. The van der Waals surface area contributed by atoms with Crippen molar-refractivity contribution >= 4 is 5.91 Å². The highest BCUT2D eigenvalue weighted by Gasteiger charge is 2.16. The zero-order valence-corrected chi connectivity index (χ0v) is 12.5. The molecule has 0 aromatic heterocycles. The molecule has 1 saturated heterocycles. The number of aliphatic hydroxyl groups is 1. The number of carbonyl (C=O) groups excluding carboxylic acids is 1. The van der Waals surface area contributed by atoms with Crippen molar-refractivity contribution in [3.8, 4) is 11.8 Å². The van der Waals surface area contributed by atoms with Crippen LogP contribution in [-0.2, 0) is 0 Å². The quantitative estimate of drug-likeness (QED) is 0.765. The molecule has 0 atom stereocenters. The average molecular weight is 287 g/mol. The van der Waals surface area contributed by atoms with Gasteiger partial charge in [-0.05, 0) is 31.7 Å². The minimum Gasteiger partial charge on any atom is -0.384 e. The van der Waals surface area contributed by atoms with Gasteiger partial charge in [0.25, 0.3) is 5.91 Å². The Morgan fingerprint density at radius 2 is 2.05 bits per heavy atom. The number of piperazine rings is 1. The lowest BCUT2D eigenvalue weighted by molar-refractivity contribution is 0.0662. The predicted molar refractivity (Wildman–Crippen MR) is 81.7 cm³/mol. The van der Waals surface area contributed by atoms with Gasteiger partial charge in [-0.1, -0.05) is 17.9 Å². The second kappa shape index (κ2) is 7.23. The molecule has 2 N–H and O–H groups in total. The first kappa shape index (κ1) is 15.5. The van der Waals surface area contributed by atoms with Crippen LogP contribution in [0.15, 0.2) is 18.2 Å². The molecule has 0 spiro atoms. The smallest absolute Gasteiger partial charge is 0.265 e. The van der Waals surface area contributed by atoms with Crippen molar-refractivity contribution in [2.24, 2.45) is 0 Å². The van der Waals surface area contributed by atoms with Gasteiger partial charge in [-0.15, -0.1) is 0 Å². The van der Waals surface area contributed by atoms with Gasteiger partial charge in [-0.25, -0.2) is 5.01 Å². The number of carbonyl (C=O) groups is 1. The molecule has 1 fully saturated rings. The average Bonchev–Trinajstić information content (AvgIpc) is 2.48. The SMILES string of the molecule is Cc1ccc(C(=O)NN2CCN(C)CC2)cc1C#CCO. The Bertz CT molecular complexity index is 567. The topological polar surface area (TPSA) is 55.8 Å². The summed E-state index contributed by atoms with van der Waals surface area (Å²) in [6, 6.07) is 5.44. The van der Waals surface area contributed by atoms with Crippen molar-refractivity contribution < 1.29 is 9.90 Å². The summed E-state index contributed by atoms with van der Waals surface area (Å²) in [6.07, 6.45) is 0. The van der Waals surface area contributed by atoms with Crippen LogP contribution in [0.5, 0.6) is 0 Å². The fourth-order valence-electron chi connectivity index (χ4n) is 2.16. The number of aliphatic hydroxyl groups excluding tert-OH is 1. The van der Waals surface area contributed by atoms with E-state index in [9.17, 15) is 4.79 Å². The number of hydrogen-bond donors (Lipinski definition) is 2. The third-order valence-corrected chi connectivity index (χ3v) is 3.56. The lowest BCUT2D eigenvalue weighted by atomic mass is 10.0. The van der Waals surface area contributed by atoms with E-state index in [0.717, 1.165) is 37.3 Å². The predicted octanol–water partition coefficient (Wildman–Crippen LogP) is 0.231. The third-order valence-electron chi connectivity index (χ3n) is 3.56. The van der Waals surface area contributed by atoms with Crippen LogP contribution >= 0.6 is 0 Å². The van der Waals surface area contributed by atoms with E-state index in [2.05, 4.69) is 29.2 Å². The molecule has 0 bridgehead atoms. The molecule has 21 heavy (non-hydrogen) atoms. The van der Waals surface area contributed by atoms with Crippen LogP contribution in [0.3, 0.4) is 0 Å². The first-order chi connectivity index (χ1) is 10.1. The number of rotatable bonds is 2. The molecule has 1 heterocycles. The number of hydrazine groups is 1. The Kier molecular flexibility index (Phi) is 5.34. The number of likely N-dealkylation sites (N-methyl/N-ethyl adjacent to an activating group) is 1. The van der Waals surface area contributed by atoms with Gasteiger partial charge in [-0.3, -0.25) is 10.2 Å². The lowest BCUT2D eigenvalue weighted by Crippen LogP contribution is -2.52. The summed E-state index contributed by atoms with van der Waals surface area (Å²) in [4.78, 5) is 14.5. The molecule has 5 heteroatoms. The minimum atomic E-state index is -0.183. The number of nitrogens with one attached hydrogen (secondary N) is 1. The number of amides is 1. The van der Waals surface area contributed by atoms with E-state index in [4.69, 9.17) is 5.11 Å². The van der Waals surface area contributed by atoms with Crippen molar-refractivity contribution in [3.63, 3.8) is 0 Å². The molecule has 0 saturated carbocycles. The fraction of sp³-hybridized carbons (Fsp3) is 0.438. The number of aryl methyl sites for hydroxylation is 1. The van der Waals surface area contributed by atoms with Gasteiger partial charge in [0.05, 0.1) is 0 Å². The second-order valence-electron chi connectivity index (χ2n) is 5.22. The normalized spacial score (nSPS) is 16.1. The van der Waals surface area contributed by atoms with Gasteiger partial charge in [0.2, 0.25) is 0 Å². The van der Waals surface area contributed by atoms with Crippen LogP contribution in [0.25, 0.3) is 0 Å². The Morgan fingerprint density at radius 3 is 2.71 bits per heavy atom. The van der Waals surface area contributed by atoms with Crippen LogP contribution in [0.2, 0.25) is 0 Å². The summed E-state index contributed by atoms with van der Waals surface area (Å²) in [7, 11) is 2.07. The largest absolute Gasteiger partial charge is 0.384 e. The molecule has 112 valence electrons. The maximum absolute atomic E-state index is 12.3. The molecule has 0 radical (unpaired) electrons. The highest BCUT2D eigenvalue weighted by Crippen LogP contribution is 2.10. The maximum Gasteiger partial charge on any atom is 0.265 e. The van der Waals surface area contributed by atoms with E-state index in [1.807, 2.05) is 18.0 Å². The van der Waals surface area contributed by atoms with Crippen molar-refractivity contribution in [2.45, 2.75) is 6.92 Å². The number of benzene rings is 1. The zero-order valence-electron chi connectivity index (χ0n) is 12.5. The highest BCUT2D eigenvalue weighted by molar-refractivity contribution is 5.94. The molecule has 0 aliphatic carbocycles. The van der Waals surface area contributed by atoms with E-state index >= 15 is 0 Å². The molecule has 1 amide bonds. The molecular weight excluding hydrogens is 266 g/mol. The molecule has 2 rings (SSSR count). The fourth-order valence-corrected chi connectivity index (χ4v) is 2.16. The molecule has 1 aliphatic rings. The van der Waals surface area contributed by atoms with E-state index in [1.165, 1.54) is 0 Å². The van der Waals surface area contributed by atoms with E-state index < -0.39 is 0 Å². The van der Waals surface area contributed by atoms with Crippen molar-refractivity contribution in [1.82, 2.24) is 15.3 Å². The van der Waals surface area contributed by atoms with Gasteiger partial charge < -0.3 is 10.0 Å². The van der Waals surface area contributed by atoms with Crippen LogP contribution in [0, 0.1) is 18.8 Å². The van der Waals surface area contributed by atoms with Crippen LogP contribution < -0.4 is 5.43 Å². The second-order valence-corrected chi connectivity index (χ2v) is 5.22. The van der Waals surface area contributed by atoms with Gasteiger partial charge in [0.1, 0.15) is 6.61 Å². The van der Waals surface area contributed by atoms with Crippen LogP contribution in [-0.4, -0.2) is 60.8 Å². The van der Waals surface area contributed by atoms with E-state index in [-0.39, 0.29) is 12.5 Å². The molecule has 1 aromatic carbocycles. The summed E-state index contributed by atoms with van der Waals surface area (Å²) in [5.41, 5.74) is 5.28. The minimum absolute atomic E-state index is 0.119. The molecular formula is C16H21N3O2. The Labute approximate surface area is 125 Å². The molecule has 5 nitrogen and oxygen atoms in total. The van der Waals surface area contributed by atoms with E-state index in [1.54, 1.807) is 12.1 Å². The summed E-state index contributed by atoms with van der Waals surface area (Å²) < 4.78 is 0. The zero-order chi connectivity index (χ0) is 15.2. The van der Waals surface area contributed by atoms with Crippen molar-refractivity contribution in [2.75, 3.05) is 39.8 Å². The molecule has 1 aromatic rings. The van der Waals surface area contributed by atoms with Gasteiger partial charge in [0, 0.05) is 37.3 Å². The van der Waals surface area contributed by atoms with Crippen molar-refractivity contribution in [3.05, 3.63) is 34.9 Å². The monoisotopic (exact) mass is 287 g/mol. The van der Waals surface area contributed by atoms with Gasteiger partial charge in [-0.2, -0.15) is 0 Å². The summed E-state index contributed by atoms with van der Waals surface area (Å²) in [6.45, 7) is 5.29. The number of hydrogen-bond acceptors (Lipinski definition) is 4. The number of nitrogens with zero attached hydrogens (tertiary/aromatic N) is 2. The molecule has 0 unspecified atom stereocenters. The van der Waals surface area contributed by atoms with Crippen molar-refractivity contribution in [1.29, 1.82) is 0 Å². The summed E-state index contributed by atoms with van der Waals surface area (Å²) >= 11 is 0. The summed E-state index contributed by atoms with van der Waals surface area (Å²) in [5, 5.41) is 10.7. The Morgan fingerprint density at radius 1 is 1.33 bits per heavy atom. The van der Waals surface area contributed by atoms with E-state index in [0.29, 0.717) is 5.56 Å². The summed E-state index contributed by atoms with van der Waals surface area (Å²) in [5.74, 6) is 5.36. The lowest BCUT2D eigenvalue weighted by Gasteiger charge is -2.32. The van der Waals surface area contributed by atoms with Gasteiger partial charge in [0.15, 0.2) is 0 Å². The van der Waals surface area contributed by atoms with Crippen LogP contribution in [0.1, 0.15) is 21.5 Å². The Hall–Kier alpha value is -1.87. The van der Waals surface area contributed by atoms with Crippen LogP contribution in [0.4, 0.5) is 0 Å². The first-order valence-corrected chi connectivity index (χ1v) is 7.05. The van der Waals surface area contributed by atoms with Gasteiger partial charge >= 0.3 is 0 Å². The molecule has 1 aliphatic heterocycles. The standard InChI is InChI=1S/C16H21N3O2/c1-13-5-6-15(12-14(13)4-3-11-20)16(21)17-19-9-7-18(2)8-10-19/h5-6,12,20H,7-11H2,1-2H3,(H,17,21). The first-order valence-electron chi connectivity index (χ1n) is 7.05. The maximum atomic E-state index is 12.3.